The molecule has 24 N–H and O–H groups in total. The summed E-state index contributed by atoms with van der Waals surface area (Å²) in [7, 11) is 1.46. The minimum atomic E-state index is -2.43. The summed E-state index contributed by atoms with van der Waals surface area (Å²) in [6.45, 7) is 5.71. The summed E-state index contributed by atoms with van der Waals surface area (Å²) >= 11 is 20.4. The molecule has 7 aromatic rings. The van der Waals surface area contributed by atoms with Gasteiger partial charge in [-0.05, 0) is 151 Å². The third kappa shape index (κ3) is 21.2. The van der Waals surface area contributed by atoms with Crippen LogP contribution in [0, 0.1) is 5.92 Å². The summed E-state index contributed by atoms with van der Waals surface area (Å²) in [4.78, 5) is 162. The molecule has 7 aliphatic rings. The number of aliphatic hydroxyl groups excluding tert-OH is 6. The number of carbonyl (C=O) groups excluding carboxylic acids is 11. The lowest BCUT2D eigenvalue weighted by atomic mass is 9.84. The summed E-state index contributed by atoms with van der Waals surface area (Å²) < 4.78 is 39.5. The van der Waals surface area contributed by atoms with Gasteiger partial charge >= 0.3 is 11.8 Å². The van der Waals surface area contributed by atoms with E-state index in [9.17, 15) is 74.7 Å². The number of primary amides is 2. The molecule has 43 heteroatoms. The van der Waals surface area contributed by atoms with Crippen LogP contribution in [-0.4, -0.2) is 208 Å². The van der Waals surface area contributed by atoms with Crippen LogP contribution in [0.3, 0.4) is 0 Å². The Morgan fingerprint density at radius 2 is 1.33 bits per heavy atom. The quantitative estimate of drug-likeness (QED) is 0.0307. The number of hydrogen-bond donors (Lipinski definition) is 22. The molecule has 2 saturated heterocycles. The fourth-order valence-corrected chi connectivity index (χ4v) is 15.4. The Bertz CT molecular complexity index is 5430. The van der Waals surface area contributed by atoms with Gasteiger partial charge in [0.05, 0.1) is 53.2 Å². The largest absolute Gasteiger partial charge is 0.508 e. The number of benzene rings is 6. The monoisotopic (exact) mass is 1800 g/mol. The van der Waals surface area contributed by atoms with Gasteiger partial charge in [0.15, 0.2) is 23.9 Å². The van der Waals surface area contributed by atoms with Crippen molar-refractivity contribution >= 4 is 112 Å². The molecule has 40 nitrogen and oxygen atoms in total. The maximum atomic E-state index is 16.3. The van der Waals surface area contributed by atoms with Crippen LogP contribution in [0.2, 0.25) is 15.1 Å². The van der Waals surface area contributed by atoms with Gasteiger partial charge < -0.3 is 134 Å². The molecular weight excluding hydrogens is 1720 g/mol. The number of hydrogen-bond acceptors (Lipinski definition) is 29. The fourth-order valence-electron chi connectivity index (χ4n) is 14.8. The van der Waals surface area contributed by atoms with Gasteiger partial charge in [0.2, 0.25) is 59.3 Å². The van der Waals surface area contributed by atoms with E-state index in [1.54, 1.807) is 62.6 Å². The third-order valence-corrected chi connectivity index (χ3v) is 22.2. The van der Waals surface area contributed by atoms with Crippen LogP contribution in [-0.2, 0) is 73.5 Å². The van der Waals surface area contributed by atoms with Crippen LogP contribution in [0.4, 0.5) is 5.69 Å². The number of aliphatic hydroxyl groups is 6. The van der Waals surface area contributed by atoms with E-state index in [1.807, 2.05) is 5.43 Å². The number of ether oxygens (including phenoxy) is 6. The molecule has 0 aliphatic carbocycles. The first-order valence-corrected chi connectivity index (χ1v) is 40.2. The van der Waals surface area contributed by atoms with E-state index in [1.165, 1.54) is 44.6 Å². The van der Waals surface area contributed by atoms with Gasteiger partial charge in [0, 0.05) is 53.0 Å². The summed E-state index contributed by atoms with van der Waals surface area (Å²) in [6.07, 6.45) is -13.8. The van der Waals surface area contributed by atoms with Crippen LogP contribution in [0.15, 0.2) is 128 Å². The Morgan fingerprint density at radius 3 is 1.97 bits per heavy atom. The Balaban J connectivity index is 1.02. The maximum absolute atomic E-state index is 16.3. The second kappa shape index (κ2) is 39.4. The predicted octanol–water partition coefficient (Wildman–Crippen LogP) is 1.19. The molecule has 1 aromatic heterocycles. The van der Waals surface area contributed by atoms with Crippen LogP contribution in [0.1, 0.15) is 116 Å². The zero-order valence-corrected chi connectivity index (χ0v) is 69.6. The van der Waals surface area contributed by atoms with Crippen molar-refractivity contribution < 1.29 is 127 Å². The molecule has 8 heterocycles. The van der Waals surface area contributed by atoms with E-state index in [0.29, 0.717) is 21.8 Å². The normalized spacial score (nSPS) is 25.8. The van der Waals surface area contributed by atoms with E-state index in [0.717, 1.165) is 66.7 Å². The standard InChI is InChI=1S/C83H89Cl3N14O26/c1-33(2)18-48(89-5)74(113)97-64-66(107)38-10-15-52(46(85)21-38)122-54-23-40-24-55(70(54)126-82-71(69(110)68(109)56(32-101)124-82)125-59-28-83(4,72(111)34(3)121-59)91-30-36-19-42(31-90-29-36)92-58(106)17-8-35-6-12-41(84)13-7-35)123-53-16-11-39(22-47(53)86)67(108)65-79(118)96-63(80(119)99-100-81(120)73(88)112)45-25-43(102)26-51(104)60(45)44-20-37(9-14-50(44)103)61(76(115)98-65)95-77(116)62(40)94-75(114)49(27-57(87)105)93-78(64)117/h6-17,19-26,29,31,33-34,48-49,56,59,61-69,71-72,82,89,91,101-104,107-111H,18,27-28,30,32H2,1-5H3,(H2,87,105)(H2,88,112)(H,92,106)(H,93,117)(H,94,114)(H,95,116)(H,96,118)(H,97,113)(H,98,115)(H,99,119)(H,100,120). The number of pyridine rings is 1. The maximum Gasteiger partial charge on any atom is 0.327 e. The van der Waals surface area contributed by atoms with E-state index in [4.69, 9.17) is 74.7 Å². The first kappa shape index (κ1) is 92.8. The Morgan fingerprint density at radius 1 is 0.690 bits per heavy atom. The summed E-state index contributed by atoms with van der Waals surface area (Å²) in [5.74, 6) is -20.2. The smallest absolute Gasteiger partial charge is 0.327 e. The molecule has 2 fully saturated rings. The van der Waals surface area contributed by atoms with Gasteiger partial charge in [-0.15, -0.1) is 0 Å². The van der Waals surface area contributed by atoms with Crippen LogP contribution < -0.4 is 84.4 Å². The number of phenolic OH excluding ortho intramolecular Hbond substituents is 3. The van der Waals surface area contributed by atoms with E-state index < -0.39 is 271 Å². The molecule has 11 amide bonds. The van der Waals surface area contributed by atoms with Gasteiger partial charge in [0.1, 0.15) is 95.5 Å². The summed E-state index contributed by atoms with van der Waals surface area (Å²) in [5.41, 5.74) is 11.4. The molecule has 6 aromatic carbocycles. The third-order valence-electron chi connectivity index (χ3n) is 21.3. The second-order valence-electron chi connectivity index (χ2n) is 30.9. The summed E-state index contributed by atoms with van der Waals surface area (Å²) in [5, 5.41) is 130. The van der Waals surface area contributed by atoms with Gasteiger partial charge in [-0.2, -0.15) is 0 Å². The number of hydrazine groups is 1. The molecule has 18 unspecified atom stereocenters. The number of aromatic hydroxyl groups is 3. The van der Waals surface area contributed by atoms with Crippen LogP contribution in [0.25, 0.3) is 17.2 Å². The van der Waals surface area contributed by atoms with Crippen molar-refractivity contribution in [3.63, 3.8) is 0 Å². The predicted molar refractivity (Wildman–Crippen MR) is 443 cm³/mol. The van der Waals surface area contributed by atoms with Crippen LogP contribution >= 0.6 is 34.8 Å². The van der Waals surface area contributed by atoms with E-state index >= 15 is 24.0 Å². The number of nitrogens with one attached hydrogen (secondary N) is 11. The van der Waals surface area contributed by atoms with Crippen molar-refractivity contribution in [3.05, 3.63) is 182 Å². The molecule has 0 saturated carbocycles. The number of anilines is 1. The Labute approximate surface area is 731 Å². The van der Waals surface area contributed by atoms with Crippen molar-refractivity contribution in [2.75, 3.05) is 19.0 Å². The second-order valence-corrected chi connectivity index (χ2v) is 32.2. The molecule has 126 heavy (non-hydrogen) atoms. The van der Waals surface area contributed by atoms with Gasteiger partial charge in [0.25, 0.3) is 5.91 Å². The minimum absolute atomic E-state index is 0.00839. The van der Waals surface area contributed by atoms with E-state index in [-0.39, 0.29) is 36.4 Å². The zero-order valence-electron chi connectivity index (χ0n) is 67.3. The van der Waals surface area contributed by atoms with Crippen LogP contribution in [0.5, 0.6) is 46.0 Å². The number of nitrogens with zero attached hydrogens (tertiary/aromatic N) is 1. The number of nitrogens with two attached hydrogens (primary N) is 2. The lowest BCUT2D eigenvalue weighted by Crippen LogP contribution is -2.65. The number of aromatic nitrogens is 1. The van der Waals surface area contributed by atoms with Gasteiger partial charge in [-0.3, -0.25) is 68.6 Å². The zero-order chi connectivity index (χ0) is 91.2. The number of likely N-dealkylation sites (N-methyl/N-ethyl adjacent to an activating group) is 1. The molecule has 14 rings (SSSR count). The topological polar surface area (TPSA) is 622 Å². The van der Waals surface area contributed by atoms with E-state index in [2.05, 4.69) is 52.8 Å². The number of halogens is 3. The van der Waals surface area contributed by atoms with Crippen molar-refractivity contribution in [2.45, 2.75) is 163 Å². The number of fused-ring (bicyclic) bond motifs is 15. The molecule has 668 valence electrons. The van der Waals surface area contributed by atoms with Gasteiger partial charge in [-0.1, -0.05) is 79.0 Å². The number of phenols is 3. The van der Waals surface area contributed by atoms with Crippen molar-refractivity contribution in [2.24, 2.45) is 17.4 Å². The fraction of sp³-hybridized carbons (Fsp3) is 0.349. The average Bonchev–Trinajstić information content (AvgIpc) is 0.765. The first-order chi connectivity index (χ1) is 59.8. The van der Waals surface area contributed by atoms with Crippen molar-refractivity contribution in [3.8, 4) is 57.1 Å². The van der Waals surface area contributed by atoms with Crippen molar-refractivity contribution in [1.29, 1.82) is 0 Å². The number of amides is 11. The Hall–Kier alpha value is -12.4. The minimum Gasteiger partial charge on any atom is -0.508 e. The molecular formula is C83H89Cl3N14O26. The van der Waals surface area contributed by atoms with Gasteiger partial charge in [-0.25, -0.2) is 0 Å². The lowest BCUT2D eigenvalue weighted by molar-refractivity contribution is -0.334. The first-order valence-electron chi connectivity index (χ1n) is 39.1. The molecule has 7 aliphatic heterocycles. The highest BCUT2D eigenvalue weighted by atomic mass is 35.5. The Kier molecular flexibility index (Phi) is 29.0. The SMILES string of the molecule is CNC(CC(C)C)C(=O)NC1C(=O)NC(CC(N)=O)C(=O)NC2C(=O)NC3C(=O)NC(C(=O)NC(C(=O)NNC(=O)C(N)=O)c4cc(O)cc(O)c4-c4cc3ccc4O)C(O)c3ccc(c(Cl)c3)Oc3cc2cc(c3OC2OC(CO)C(O)C(O)C2OC2CC(C)(NCc3cncc(NC(=O)C=Cc4ccc(Cl)cc4)c3)C(O)C(C)O2)Oc2ccc(cc2Cl)C1O. The number of rotatable bonds is 19. The molecule has 0 radical (unpaired) electrons. The highest BCUT2D eigenvalue weighted by Crippen LogP contribution is 2.50. The molecule has 11 bridgehead atoms. The number of carbonyl (C=O) groups is 11. The lowest BCUT2D eigenvalue weighted by Gasteiger charge is -2.48. The highest BCUT2D eigenvalue weighted by molar-refractivity contribution is 6.34. The van der Waals surface area contributed by atoms with Crippen molar-refractivity contribution in [1.82, 2.24) is 58.4 Å². The summed E-state index contributed by atoms with van der Waals surface area (Å²) in [6, 6.07) is 6.83. The highest BCUT2D eigenvalue weighted by Gasteiger charge is 2.52. The average molecular weight is 1810 g/mol. The molecule has 0 spiro atoms. The molecule has 18 atom stereocenters.